The van der Waals surface area contributed by atoms with Gasteiger partial charge in [-0.3, -0.25) is 34.2 Å². The molecule has 0 aromatic carbocycles. The van der Waals surface area contributed by atoms with Crippen LogP contribution >= 0.6 is 0 Å². The average Bonchev–Trinajstić information content (AvgIpc) is 2.92. The number of aliphatic carboxylic acids is 1. The van der Waals surface area contributed by atoms with Crippen LogP contribution in [0.2, 0.25) is 0 Å². The van der Waals surface area contributed by atoms with Crippen molar-refractivity contribution in [2.45, 2.75) is 63.8 Å². The molecule has 3 N–H and O–H groups in total. The number of carboxylic acids is 1. The Labute approximate surface area is 168 Å². The Hall–Kier alpha value is -2.97. The normalized spacial score (nSPS) is 21.9. The van der Waals surface area contributed by atoms with Crippen LogP contribution in [0, 0.1) is 0 Å². The first-order valence-electron chi connectivity index (χ1n) is 10.0. The van der Waals surface area contributed by atoms with Crippen molar-refractivity contribution in [3.05, 3.63) is 22.9 Å². The average molecular weight is 403 g/mol. The number of hydrogen-bond acceptors (Lipinski definition) is 6. The zero-order valence-electron chi connectivity index (χ0n) is 16.2. The van der Waals surface area contributed by atoms with Gasteiger partial charge in [0.2, 0.25) is 11.8 Å². The minimum absolute atomic E-state index is 0.0982. The molecule has 156 valence electrons. The van der Waals surface area contributed by atoms with Crippen LogP contribution in [0.15, 0.2) is 22.9 Å². The first-order chi connectivity index (χ1) is 13.9. The molecule has 1 aliphatic carbocycles. The Morgan fingerprint density at radius 1 is 1.10 bits per heavy atom. The van der Waals surface area contributed by atoms with E-state index in [-0.39, 0.29) is 19.3 Å². The second-order valence-corrected chi connectivity index (χ2v) is 7.44. The monoisotopic (exact) mass is 403 g/mol. The fraction of sp³-hybridized carbons (Fsp3) is 0.550. The van der Waals surface area contributed by atoms with E-state index in [1.807, 2.05) is 6.08 Å². The van der Waals surface area contributed by atoms with Gasteiger partial charge in [0, 0.05) is 30.7 Å². The number of rotatable bonds is 9. The lowest BCUT2D eigenvalue weighted by molar-refractivity contribution is -0.150. The third kappa shape index (κ3) is 4.55. The van der Waals surface area contributed by atoms with Gasteiger partial charge in [-0.15, -0.1) is 0 Å². The molecule has 0 aromatic heterocycles. The van der Waals surface area contributed by atoms with Gasteiger partial charge in [0.1, 0.15) is 6.04 Å². The molecule has 3 aliphatic rings. The first-order valence-corrected chi connectivity index (χ1v) is 10.0. The highest BCUT2D eigenvalue weighted by atomic mass is 16.4. The molecule has 1 saturated heterocycles. The number of hydrogen-bond donors (Lipinski definition) is 3. The summed E-state index contributed by atoms with van der Waals surface area (Å²) in [6.45, 7) is 0.607. The van der Waals surface area contributed by atoms with Gasteiger partial charge in [0.15, 0.2) is 0 Å². The summed E-state index contributed by atoms with van der Waals surface area (Å²) in [6, 6.07) is -0.950. The highest BCUT2D eigenvalue weighted by molar-refractivity contribution is 6.23. The van der Waals surface area contributed by atoms with Gasteiger partial charge in [-0.2, -0.15) is 0 Å². The van der Waals surface area contributed by atoms with E-state index in [1.165, 1.54) is 0 Å². The van der Waals surface area contributed by atoms with Crippen LogP contribution in [0.4, 0.5) is 0 Å². The van der Waals surface area contributed by atoms with Gasteiger partial charge in [0.05, 0.1) is 5.57 Å². The van der Waals surface area contributed by atoms with Crippen LogP contribution in [-0.2, 0) is 24.0 Å². The third-order valence-electron chi connectivity index (χ3n) is 5.38. The molecule has 9 nitrogen and oxygen atoms in total. The molecular weight excluding hydrogens is 378 g/mol. The minimum Gasteiger partial charge on any atom is -0.481 e. The molecule has 1 atom stereocenters. The van der Waals surface area contributed by atoms with E-state index in [1.54, 1.807) is 0 Å². The number of amides is 4. The maximum absolute atomic E-state index is 13.0. The molecule has 0 saturated carbocycles. The van der Waals surface area contributed by atoms with Crippen molar-refractivity contribution in [1.29, 1.82) is 0 Å². The van der Waals surface area contributed by atoms with Gasteiger partial charge in [-0.25, -0.2) is 0 Å². The molecule has 0 radical (unpaired) electrons. The van der Waals surface area contributed by atoms with Gasteiger partial charge in [-0.1, -0.05) is 18.9 Å². The summed E-state index contributed by atoms with van der Waals surface area (Å²) in [4.78, 5) is 60.8. The molecule has 3 rings (SSSR count). The minimum atomic E-state index is -0.950. The van der Waals surface area contributed by atoms with E-state index in [4.69, 9.17) is 5.11 Å². The lowest BCUT2D eigenvalue weighted by Gasteiger charge is -2.28. The largest absolute Gasteiger partial charge is 0.481 e. The maximum atomic E-state index is 13.0. The van der Waals surface area contributed by atoms with E-state index in [9.17, 15) is 24.0 Å². The summed E-state index contributed by atoms with van der Waals surface area (Å²) in [7, 11) is 0. The Kier molecular flexibility index (Phi) is 6.46. The molecule has 2 heterocycles. The van der Waals surface area contributed by atoms with Gasteiger partial charge >= 0.3 is 5.97 Å². The SMILES string of the molecule is O=C(O)CCCCCCNC1=CCCC2=C1C(=O)N(C1CCC(=O)NC1=O)C2=O. The molecule has 0 aromatic rings. The lowest BCUT2D eigenvalue weighted by Crippen LogP contribution is -2.54. The Morgan fingerprint density at radius 2 is 1.86 bits per heavy atom. The fourth-order valence-corrected chi connectivity index (χ4v) is 3.92. The molecule has 0 spiro atoms. The second kappa shape index (κ2) is 9.02. The molecule has 1 unspecified atom stereocenters. The van der Waals surface area contributed by atoms with Crippen LogP contribution in [0.25, 0.3) is 0 Å². The molecule has 2 aliphatic heterocycles. The van der Waals surface area contributed by atoms with Crippen molar-refractivity contribution < 1.29 is 29.1 Å². The van der Waals surface area contributed by atoms with Crippen molar-refractivity contribution in [3.8, 4) is 0 Å². The van der Waals surface area contributed by atoms with Gasteiger partial charge in [-0.05, 0) is 32.1 Å². The number of nitrogens with zero attached hydrogens (tertiary/aromatic N) is 1. The smallest absolute Gasteiger partial charge is 0.303 e. The number of unbranched alkanes of at least 4 members (excludes halogenated alkanes) is 3. The summed E-state index contributed by atoms with van der Waals surface area (Å²) in [6.07, 6.45) is 6.53. The second-order valence-electron chi connectivity index (χ2n) is 7.44. The fourth-order valence-electron chi connectivity index (χ4n) is 3.92. The van der Waals surface area contributed by atoms with Gasteiger partial charge in [0.25, 0.3) is 11.8 Å². The summed E-state index contributed by atoms with van der Waals surface area (Å²) >= 11 is 0. The standard InChI is InChI=1S/C20H25N3O6/c24-15-10-9-14(18(27)22-15)23-19(28)12-6-5-7-13(17(12)20(23)29)21-11-4-2-1-3-8-16(25)26/h7,14,21H,1-6,8-11H2,(H,25,26)(H,22,24,27). The van der Waals surface area contributed by atoms with Crippen molar-refractivity contribution in [1.82, 2.24) is 15.5 Å². The predicted octanol–water partition coefficient (Wildman–Crippen LogP) is 0.759. The van der Waals surface area contributed by atoms with E-state index in [2.05, 4.69) is 10.6 Å². The first kappa shape index (κ1) is 20.8. The molecule has 4 amide bonds. The maximum Gasteiger partial charge on any atom is 0.303 e. The van der Waals surface area contributed by atoms with Gasteiger partial charge < -0.3 is 10.4 Å². The summed E-state index contributed by atoms with van der Waals surface area (Å²) in [5, 5.41) is 14.0. The molecule has 29 heavy (non-hydrogen) atoms. The zero-order valence-corrected chi connectivity index (χ0v) is 16.2. The van der Waals surface area contributed by atoms with E-state index in [0.29, 0.717) is 42.7 Å². The number of allylic oxidation sites excluding steroid dienone is 1. The zero-order chi connectivity index (χ0) is 21.0. The molecule has 1 fully saturated rings. The van der Waals surface area contributed by atoms with E-state index >= 15 is 0 Å². The predicted molar refractivity (Wildman–Crippen MR) is 101 cm³/mol. The summed E-state index contributed by atoms with van der Waals surface area (Å²) in [5.74, 6) is -2.73. The number of carbonyl (C=O) groups is 5. The van der Waals surface area contributed by atoms with E-state index in [0.717, 1.165) is 24.2 Å². The van der Waals surface area contributed by atoms with Crippen LogP contribution < -0.4 is 10.6 Å². The van der Waals surface area contributed by atoms with Crippen molar-refractivity contribution in [2.24, 2.45) is 0 Å². The number of carboxylic acid groups (broad SMARTS) is 1. The van der Waals surface area contributed by atoms with Crippen molar-refractivity contribution in [3.63, 3.8) is 0 Å². The lowest BCUT2D eigenvalue weighted by atomic mass is 9.96. The number of imide groups is 2. The number of nitrogens with one attached hydrogen (secondary N) is 2. The third-order valence-corrected chi connectivity index (χ3v) is 5.38. The Morgan fingerprint density at radius 3 is 2.59 bits per heavy atom. The van der Waals surface area contributed by atoms with Crippen LogP contribution in [0.1, 0.15) is 57.8 Å². The Balaban J connectivity index is 1.58. The summed E-state index contributed by atoms with van der Waals surface area (Å²) in [5.41, 5.74) is 1.37. The molecule has 0 bridgehead atoms. The van der Waals surface area contributed by atoms with Crippen molar-refractivity contribution >= 4 is 29.6 Å². The Bertz CT molecular complexity index is 813. The highest BCUT2D eigenvalue weighted by Gasteiger charge is 2.47. The van der Waals surface area contributed by atoms with E-state index < -0.39 is 35.6 Å². The van der Waals surface area contributed by atoms with Crippen LogP contribution in [0.5, 0.6) is 0 Å². The quantitative estimate of drug-likeness (QED) is 0.382. The number of carbonyl (C=O) groups excluding carboxylic acids is 4. The molecule has 9 heteroatoms. The number of piperidine rings is 1. The highest BCUT2D eigenvalue weighted by Crippen LogP contribution is 2.34. The van der Waals surface area contributed by atoms with Crippen LogP contribution in [-0.4, -0.2) is 52.2 Å². The van der Waals surface area contributed by atoms with Crippen LogP contribution in [0.3, 0.4) is 0 Å². The van der Waals surface area contributed by atoms with Crippen molar-refractivity contribution in [2.75, 3.05) is 6.54 Å². The molecular formula is C20H25N3O6. The topological polar surface area (TPSA) is 133 Å². The summed E-state index contributed by atoms with van der Waals surface area (Å²) < 4.78 is 0.